The molecule has 0 radical (unpaired) electrons. The first-order valence-corrected chi connectivity index (χ1v) is 10.5. The monoisotopic (exact) mass is 512 g/mol. The Hall–Kier alpha value is -3.80. The van der Waals surface area contributed by atoms with Crippen LogP contribution in [0.15, 0.2) is 80.9 Å². The van der Waals surface area contributed by atoms with Crippen LogP contribution in [-0.2, 0) is 30.2 Å². The molecule has 6 nitrogen and oxygen atoms in total. The standard InChI is InChI=1S/C24H18F6N2O4/c25-23(26,27)18-9-15(10-19(11-18)24(28,29)30)13-35-22(14-32-20(33)31-21(34)36-32)8-4-7-17(12-22)16-5-2-1-3-6-16/h1-11H,12-14H2,(H,31,33,34). The lowest BCUT2D eigenvalue weighted by Crippen LogP contribution is -2.39. The van der Waals surface area contributed by atoms with E-state index in [1.165, 1.54) is 6.08 Å². The third-order valence-electron chi connectivity index (χ3n) is 5.55. The summed E-state index contributed by atoms with van der Waals surface area (Å²) in [6.45, 7) is -1.01. The minimum atomic E-state index is -5.01. The largest absolute Gasteiger partial charge is 0.440 e. The number of halogens is 6. The Labute approximate surface area is 199 Å². The molecule has 4 rings (SSSR count). The van der Waals surface area contributed by atoms with Crippen molar-refractivity contribution < 1.29 is 35.6 Å². The number of hydrogen-bond acceptors (Lipinski definition) is 4. The van der Waals surface area contributed by atoms with E-state index in [4.69, 9.17) is 9.26 Å². The van der Waals surface area contributed by atoms with Crippen LogP contribution in [0.5, 0.6) is 0 Å². The minimum Gasteiger partial charge on any atom is -0.364 e. The summed E-state index contributed by atoms with van der Waals surface area (Å²) < 4.78 is 91.0. The zero-order valence-corrected chi connectivity index (χ0v) is 18.3. The molecule has 1 aliphatic carbocycles. The van der Waals surface area contributed by atoms with E-state index in [2.05, 4.69) is 0 Å². The van der Waals surface area contributed by atoms with Gasteiger partial charge >= 0.3 is 23.8 Å². The number of rotatable bonds is 6. The molecule has 0 aliphatic heterocycles. The molecule has 0 amide bonds. The lowest BCUT2D eigenvalue weighted by molar-refractivity contribution is -0.143. The van der Waals surface area contributed by atoms with Gasteiger partial charge in [0.2, 0.25) is 0 Å². The average Bonchev–Trinajstić information content (AvgIpc) is 3.13. The number of alkyl halides is 6. The molecule has 1 aromatic heterocycles. The van der Waals surface area contributed by atoms with Gasteiger partial charge in [0.1, 0.15) is 5.60 Å². The molecule has 0 saturated carbocycles. The van der Waals surface area contributed by atoms with Crippen LogP contribution in [-0.4, -0.2) is 15.3 Å². The Morgan fingerprint density at radius 1 is 0.972 bits per heavy atom. The van der Waals surface area contributed by atoms with E-state index in [-0.39, 0.29) is 24.6 Å². The molecule has 12 heteroatoms. The molecular formula is C24H18F6N2O4. The van der Waals surface area contributed by atoms with Crippen LogP contribution < -0.4 is 11.4 Å². The highest BCUT2D eigenvalue weighted by Gasteiger charge is 2.38. The molecule has 1 aliphatic rings. The van der Waals surface area contributed by atoms with Gasteiger partial charge in [-0.1, -0.05) is 48.6 Å². The first-order valence-electron chi connectivity index (χ1n) is 10.5. The van der Waals surface area contributed by atoms with E-state index >= 15 is 0 Å². The van der Waals surface area contributed by atoms with Crippen molar-refractivity contribution in [2.24, 2.45) is 0 Å². The fourth-order valence-corrected chi connectivity index (χ4v) is 3.87. The van der Waals surface area contributed by atoms with Gasteiger partial charge in [-0.3, -0.25) is 0 Å². The van der Waals surface area contributed by atoms with Gasteiger partial charge in [0.15, 0.2) is 0 Å². The van der Waals surface area contributed by atoms with Crippen molar-refractivity contribution in [1.82, 2.24) is 9.72 Å². The molecule has 1 atom stereocenters. The van der Waals surface area contributed by atoms with Gasteiger partial charge in [-0.15, -0.1) is 4.74 Å². The van der Waals surface area contributed by atoms with Crippen LogP contribution in [0.1, 0.15) is 28.7 Å². The summed E-state index contributed by atoms with van der Waals surface area (Å²) in [5, 5.41) is 0. The quantitative estimate of drug-likeness (QED) is 0.463. The highest BCUT2D eigenvalue weighted by molar-refractivity contribution is 5.69. The molecule has 1 unspecified atom stereocenters. The van der Waals surface area contributed by atoms with Crippen LogP contribution in [0.3, 0.4) is 0 Å². The summed E-state index contributed by atoms with van der Waals surface area (Å²) in [6, 6.07) is 10.2. The Kier molecular flexibility index (Phi) is 6.56. The number of aromatic nitrogens is 2. The Morgan fingerprint density at radius 3 is 2.17 bits per heavy atom. The first-order chi connectivity index (χ1) is 16.8. The van der Waals surface area contributed by atoms with Gasteiger partial charge in [0.05, 0.1) is 24.3 Å². The summed E-state index contributed by atoms with van der Waals surface area (Å²) in [5.74, 6) is -1.03. The highest BCUT2D eigenvalue weighted by atomic mass is 19.4. The second-order valence-corrected chi connectivity index (χ2v) is 8.21. The molecule has 0 saturated heterocycles. The van der Waals surface area contributed by atoms with Gasteiger partial charge in [0, 0.05) is 6.42 Å². The fourth-order valence-electron chi connectivity index (χ4n) is 3.87. The normalized spacial score (nSPS) is 18.3. The Bertz CT molecular complexity index is 1380. The summed E-state index contributed by atoms with van der Waals surface area (Å²) in [5.41, 5.74) is -4.12. The fraction of sp³-hybridized carbons (Fsp3) is 0.250. The molecule has 0 spiro atoms. The molecule has 3 aromatic rings. The minimum absolute atomic E-state index is 0.0318. The number of aromatic amines is 1. The number of H-pyrrole nitrogens is 1. The first kappa shape index (κ1) is 25.3. The Morgan fingerprint density at radius 2 is 1.61 bits per heavy atom. The van der Waals surface area contributed by atoms with Gasteiger partial charge in [-0.05, 0) is 34.9 Å². The second kappa shape index (κ2) is 9.34. The number of allylic oxidation sites excluding steroid dienone is 2. The van der Waals surface area contributed by atoms with Crippen LogP contribution >= 0.6 is 0 Å². The molecule has 0 fully saturated rings. The summed E-state index contributed by atoms with van der Waals surface area (Å²) in [4.78, 5) is 25.4. The van der Waals surface area contributed by atoms with Gasteiger partial charge in [-0.25, -0.2) is 14.6 Å². The summed E-state index contributed by atoms with van der Waals surface area (Å²) in [6.07, 6.45) is -5.07. The molecule has 1 heterocycles. The van der Waals surface area contributed by atoms with Crippen molar-refractivity contribution in [3.8, 4) is 0 Å². The molecule has 36 heavy (non-hydrogen) atoms. The molecule has 1 N–H and O–H groups in total. The maximum absolute atomic E-state index is 13.3. The van der Waals surface area contributed by atoms with E-state index in [0.29, 0.717) is 16.9 Å². The van der Waals surface area contributed by atoms with Crippen molar-refractivity contribution >= 4 is 5.57 Å². The van der Waals surface area contributed by atoms with Gasteiger partial charge in [0.25, 0.3) is 0 Å². The van der Waals surface area contributed by atoms with E-state index in [1.54, 1.807) is 42.5 Å². The van der Waals surface area contributed by atoms with E-state index in [1.807, 2.05) is 4.98 Å². The van der Waals surface area contributed by atoms with Crippen molar-refractivity contribution in [2.75, 3.05) is 0 Å². The van der Waals surface area contributed by atoms with E-state index < -0.39 is 47.1 Å². The highest BCUT2D eigenvalue weighted by Crippen LogP contribution is 2.38. The number of nitrogens with zero attached hydrogens (tertiary/aromatic N) is 1. The number of hydrogen-bond donors (Lipinski definition) is 1. The van der Waals surface area contributed by atoms with E-state index in [0.717, 1.165) is 11.1 Å². The third kappa shape index (κ3) is 5.70. The average molecular weight is 512 g/mol. The molecule has 190 valence electrons. The van der Waals surface area contributed by atoms with Crippen LogP contribution in [0.25, 0.3) is 5.57 Å². The van der Waals surface area contributed by atoms with Crippen molar-refractivity contribution in [1.29, 1.82) is 0 Å². The molecule has 2 aromatic carbocycles. The predicted octanol–water partition coefficient (Wildman–Crippen LogP) is 5.17. The number of ether oxygens (including phenoxy) is 1. The van der Waals surface area contributed by atoms with Crippen LogP contribution in [0.4, 0.5) is 26.3 Å². The maximum atomic E-state index is 13.3. The topological polar surface area (TPSA) is 77.2 Å². The third-order valence-corrected chi connectivity index (χ3v) is 5.55. The molecule has 0 bridgehead atoms. The van der Waals surface area contributed by atoms with Crippen LogP contribution in [0.2, 0.25) is 0 Å². The zero-order valence-electron chi connectivity index (χ0n) is 18.3. The van der Waals surface area contributed by atoms with Crippen molar-refractivity contribution in [3.63, 3.8) is 0 Å². The number of nitrogens with one attached hydrogen (secondary N) is 1. The van der Waals surface area contributed by atoms with Gasteiger partial charge < -0.3 is 9.26 Å². The summed E-state index contributed by atoms with van der Waals surface area (Å²) in [7, 11) is 0. The van der Waals surface area contributed by atoms with Crippen LogP contribution in [0, 0.1) is 0 Å². The SMILES string of the molecule is O=c1[nH]c(=O)n(CC2(OCc3cc(C(F)(F)F)cc(C(F)(F)F)c3)C=CC=C(c3ccccc3)C2)o1. The predicted molar refractivity (Wildman–Crippen MR) is 116 cm³/mol. The lowest BCUT2D eigenvalue weighted by atomic mass is 9.86. The lowest BCUT2D eigenvalue weighted by Gasteiger charge is -2.33. The maximum Gasteiger partial charge on any atom is 0.440 e. The smallest absolute Gasteiger partial charge is 0.364 e. The number of benzene rings is 2. The summed E-state index contributed by atoms with van der Waals surface area (Å²) >= 11 is 0. The van der Waals surface area contributed by atoms with Crippen molar-refractivity contribution in [3.05, 3.63) is 110 Å². The molecular weight excluding hydrogens is 494 g/mol. The van der Waals surface area contributed by atoms with E-state index in [9.17, 15) is 35.9 Å². The second-order valence-electron chi connectivity index (χ2n) is 8.21. The van der Waals surface area contributed by atoms with Crippen molar-refractivity contribution in [2.45, 2.75) is 37.5 Å². The Balaban J connectivity index is 1.70. The zero-order chi connectivity index (χ0) is 26.1. The van der Waals surface area contributed by atoms with Gasteiger partial charge in [-0.2, -0.15) is 26.3 Å².